The Bertz CT molecular complexity index is 696. The van der Waals surface area contributed by atoms with Gasteiger partial charge in [0.2, 0.25) is 0 Å². The molecule has 0 fully saturated rings. The van der Waals surface area contributed by atoms with E-state index in [2.05, 4.69) is 0 Å². The number of ether oxygens (including phenoxy) is 1. The van der Waals surface area contributed by atoms with Crippen LogP contribution in [0.4, 0.5) is 5.69 Å². The van der Waals surface area contributed by atoms with Crippen LogP contribution in [0.5, 0.6) is 11.5 Å². The van der Waals surface area contributed by atoms with Gasteiger partial charge in [-0.05, 0) is 31.2 Å². The molecule has 0 amide bonds. The van der Waals surface area contributed by atoms with Crippen molar-refractivity contribution in [2.24, 2.45) is 0 Å². The van der Waals surface area contributed by atoms with Gasteiger partial charge in [0.15, 0.2) is 11.5 Å². The summed E-state index contributed by atoms with van der Waals surface area (Å²) in [6.07, 6.45) is 0. The number of ketones is 1. The van der Waals surface area contributed by atoms with Gasteiger partial charge in [0.05, 0.1) is 10.5 Å². The van der Waals surface area contributed by atoms with Gasteiger partial charge in [-0.2, -0.15) is 0 Å². The number of para-hydroxylation sites is 1. The normalized spacial score (nSPS) is 10.1. The standard InChI is InChI=1S/C15H13NO5/c1-10(17)11-4-2-6-13(8-11)21-9-12-5-3-7-14(18)15(12)16(19)20/h2-8,18H,9H2,1H3. The first-order valence-electron chi connectivity index (χ1n) is 6.18. The van der Waals surface area contributed by atoms with Gasteiger partial charge in [0.25, 0.3) is 0 Å². The fourth-order valence-electron chi connectivity index (χ4n) is 1.87. The number of carbonyl (C=O) groups is 1. The fourth-order valence-corrected chi connectivity index (χ4v) is 1.87. The minimum absolute atomic E-state index is 0.0773. The quantitative estimate of drug-likeness (QED) is 0.518. The molecule has 0 aliphatic rings. The van der Waals surface area contributed by atoms with Crippen LogP contribution in [0.15, 0.2) is 42.5 Å². The summed E-state index contributed by atoms with van der Waals surface area (Å²) >= 11 is 0. The van der Waals surface area contributed by atoms with Crippen LogP contribution in [-0.4, -0.2) is 15.8 Å². The van der Waals surface area contributed by atoms with Crippen molar-refractivity contribution < 1.29 is 19.6 Å². The first-order valence-corrected chi connectivity index (χ1v) is 6.18. The van der Waals surface area contributed by atoms with Crippen molar-refractivity contribution in [3.8, 4) is 11.5 Å². The predicted octanol–water partition coefficient (Wildman–Crippen LogP) is 3.08. The molecule has 0 radical (unpaired) electrons. The molecule has 0 saturated heterocycles. The van der Waals surface area contributed by atoms with Gasteiger partial charge >= 0.3 is 5.69 Å². The number of phenolic OH excluding ortho intramolecular Hbond substituents is 1. The maximum Gasteiger partial charge on any atom is 0.317 e. The van der Waals surface area contributed by atoms with Gasteiger partial charge in [-0.25, -0.2) is 0 Å². The number of nitrogens with zero attached hydrogens (tertiary/aromatic N) is 1. The second kappa shape index (κ2) is 6.04. The number of hydrogen-bond donors (Lipinski definition) is 1. The minimum Gasteiger partial charge on any atom is -0.502 e. The first-order chi connectivity index (χ1) is 9.99. The van der Waals surface area contributed by atoms with Crippen LogP contribution in [-0.2, 0) is 6.61 Å². The van der Waals surface area contributed by atoms with Crippen LogP contribution < -0.4 is 4.74 Å². The summed E-state index contributed by atoms with van der Waals surface area (Å²) in [4.78, 5) is 21.6. The average Bonchev–Trinajstić information content (AvgIpc) is 2.45. The van der Waals surface area contributed by atoms with Crippen molar-refractivity contribution in [3.05, 3.63) is 63.7 Å². The van der Waals surface area contributed by atoms with E-state index in [4.69, 9.17) is 4.74 Å². The molecule has 21 heavy (non-hydrogen) atoms. The van der Waals surface area contributed by atoms with E-state index >= 15 is 0 Å². The summed E-state index contributed by atoms with van der Waals surface area (Å²) in [7, 11) is 0. The number of aromatic hydroxyl groups is 1. The van der Waals surface area contributed by atoms with Crippen molar-refractivity contribution in [2.75, 3.05) is 0 Å². The van der Waals surface area contributed by atoms with Crippen molar-refractivity contribution in [1.29, 1.82) is 0 Å². The summed E-state index contributed by atoms with van der Waals surface area (Å²) in [5.41, 5.74) is 0.381. The number of phenols is 1. The van der Waals surface area contributed by atoms with E-state index < -0.39 is 10.7 Å². The van der Waals surface area contributed by atoms with Crippen LogP contribution in [0.1, 0.15) is 22.8 Å². The highest BCUT2D eigenvalue weighted by Crippen LogP contribution is 2.30. The van der Waals surface area contributed by atoms with Gasteiger partial charge in [0, 0.05) is 5.56 Å². The van der Waals surface area contributed by atoms with Crippen molar-refractivity contribution in [3.63, 3.8) is 0 Å². The van der Waals surface area contributed by atoms with Crippen molar-refractivity contribution in [1.82, 2.24) is 0 Å². The molecule has 2 rings (SSSR count). The topological polar surface area (TPSA) is 89.7 Å². The molecule has 0 heterocycles. The highest BCUT2D eigenvalue weighted by Gasteiger charge is 2.19. The van der Waals surface area contributed by atoms with E-state index in [0.717, 1.165) is 0 Å². The molecule has 0 spiro atoms. The molecule has 0 aromatic heterocycles. The zero-order chi connectivity index (χ0) is 15.4. The highest BCUT2D eigenvalue weighted by molar-refractivity contribution is 5.94. The maximum atomic E-state index is 11.3. The maximum absolute atomic E-state index is 11.3. The average molecular weight is 287 g/mol. The number of Topliss-reactive ketones (excluding diaryl/α,β-unsaturated/α-hetero) is 1. The first kappa shape index (κ1) is 14.5. The third kappa shape index (κ3) is 3.36. The van der Waals surface area contributed by atoms with Gasteiger partial charge in [0.1, 0.15) is 12.4 Å². The van der Waals surface area contributed by atoms with E-state index in [1.54, 1.807) is 24.3 Å². The molecule has 0 saturated carbocycles. The number of hydrogen-bond acceptors (Lipinski definition) is 5. The van der Waals surface area contributed by atoms with Crippen LogP contribution in [0.3, 0.4) is 0 Å². The van der Waals surface area contributed by atoms with Crippen LogP contribution in [0, 0.1) is 10.1 Å². The lowest BCUT2D eigenvalue weighted by molar-refractivity contribution is -0.386. The largest absolute Gasteiger partial charge is 0.502 e. The molecular formula is C15H13NO5. The summed E-state index contributed by atoms with van der Waals surface area (Å²) < 4.78 is 5.46. The third-order valence-corrected chi connectivity index (χ3v) is 2.92. The molecule has 1 N–H and O–H groups in total. The molecule has 0 bridgehead atoms. The predicted molar refractivity (Wildman–Crippen MR) is 75.5 cm³/mol. The van der Waals surface area contributed by atoms with E-state index in [-0.39, 0.29) is 23.6 Å². The molecule has 2 aromatic rings. The van der Waals surface area contributed by atoms with E-state index in [1.165, 1.54) is 25.1 Å². The Morgan fingerprint density at radius 3 is 2.67 bits per heavy atom. The zero-order valence-corrected chi connectivity index (χ0v) is 11.3. The molecule has 6 nitrogen and oxygen atoms in total. The molecule has 2 aromatic carbocycles. The van der Waals surface area contributed by atoms with Gasteiger partial charge in [-0.15, -0.1) is 0 Å². The number of nitro benzene ring substituents is 1. The molecule has 0 aliphatic heterocycles. The molecule has 0 unspecified atom stereocenters. The Hall–Kier alpha value is -2.89. The Balaban J connectivity index is 2.21. The second-order valence-corrected chi connectivity index (χ2v) is 4.41. The lowest BCUT2D eigenvalue weighted by Gasteiger charge is -2.08. The molecule has 108 valence electrons. The molecular weight excluding hydrogens is 274 g/mol. The Kier molecular flexibility index (Phi) is 4.18. The number of nitro groups is 1. The molecule has 0 aliphatic carbocycles. The van der Waals surface area contributed by atoms with Crippen molar-refractivity contribution in [2.45, 2.75) is 13.5 Å². The SMILES string of the molecule is CC(=O)c1cccc(OCc2cccc(O)c2[N+](=O)[O-])c1. The van der Waals surface area contributed by atoms with Crippen LogP contribution in [0.2, 0.25) is 0 Å². The fraction of sp³-hybridized carbons (Fsp3) is 0.133. The van der Waals surface area contributed by atoms with Gasteiger partial charge in [-0.3, -0.25) is 14.9 Å². The van der Waals surface area contributed by atoms with Crippen molar-refractivity contribution >= 4 is 11.5 Å². The lowest BCUT2D eigenvalue weighted by Crippen LogP contribution is -2.01. The summed E-state index contributed by atoms with van der Waals surface area (Å²) in [5.74, 6) is -0.0669. The lowest BCUT2D eigenvalue weighted by atomic mass is 10.1. The Morgan fingerprint density at radius 1 is 1.29 bits per heavy atom. The number of rotatable bonds is 5. The number of carbonyl (C=O) groups excluding carboxylic acids is 1. The monoisotopic (exact) mass is 287 g/mol. The molecule has 0 atom stereocenters. The third-order valence-electron chi connectivity index (χ3n) is 2.92. The smallest absolute Gasteiger partial charge is 0.317 e. The minimum atomic E-state index is -0.653. The summed E-state index contributed by atoms with van der Waals surface area (Å²) in [5, 5.41) is 20.5. The van der Waals surface area contributed by atoms with E-state index in [0.29, 0.717) is 11.3 Å². The van der Waals surface area contributed by atoms with Crippen LogP contribution >= 0.6 is 0 Å². The zero-order valence-electron chi connectivity index (χ0n) is 11.3. The second-order valence-electron chi connectivity index (χ2n) is 4.41. The van der Waals surface area contributed by atoms with Gasteiger partial charge < -0.3 is 9.84 Å². The Labute approximate surface area is 120 Å². The summed E-state index contributed by atoms with van der Waals surface area (Å²) in [6.45, 7) is 1.37. The Morgan fingerprint density at radius 2 is 2.00 bits per heavy atom. The van der Waals surface area contributed by atoms with Gasteiger partial charge in [-0.1, -0.05) is 18.2 Å². The van der Waals surface area contributed by atoms with E-state index in [1.807, 2.05) is 0 Å². The number of benzene rings is 2. The highest BCUT2D eigenvalue weighted by atomic mass is 16.6. The summed E-state index contributed by atoms with van der Waals surface area (Å²) in [6, 6.07) is 10.8. The van der Waals surface area contributed by atoms with Crippen LogP contribution in [0.25, 0.3) is 0 Å². The van der Waals surface area contributed by atoms with E-state index in [9.17, 15) is 20.0 Å². The molecule has 6 heteroatoms.